The zero-order valence-corrected chi connectivity index (χ0v) is 15.5. The van der Waals surface area contributed by atoms with E-state index in [0.29, 0.717) is 17.1 Å². The number of rotatable bonds is 2. The number of nitrogen functional groups attached to an aromatic ring is 1. The largest absolute Gasteiger partial charge is 0.497 e. The van der Waals surface area contributed by atoms with Crippen LogP contribution in [-0.2, 0) is 6.42 Å². The highest BCUT2D eigenvalue weighted by molar-refractivity contribution is 7.21. The third-order valence-corrected chi connectivity index (χ3v) is 6.15. The molecule has 5 nitrogen and oxygen atoms in total. The van der Waals surface area contributed by atoms with E-state index in [1.165, 1.54) is 16.9 Å². The highest BCUT2D eigenvalue weighted by Gasteiger charge is 2.28. The van der Waals surface area contributed by atoms with E-state index in [2.05, 4.69) is 6.07 Å². The van der Waals surface area contributed by atoms with E-state index in [4.69, 9.17) is 15.5 Å². The van der Waals surface area contributed by atoms with Crippen LogP contribution in [0, 0.1) is 0 Å². The lowest BCUT2D eigenvalue weighted by molar-refractivity contribution is 0.0994. The average molecular weight is 375 g/mol. The fourth-order valence-electron chi connectivity index (χ4n) is 3.63. The number of para-hydroxylation sites is 1. The van der Waals surface area contributed by atoms with Crippen LogP contribution in [-0.4, -0.2) is 24.5 Å². The summed E-state index contributed by atoms with van der Waals surface area (Å²) in [7, 11) is 1.63. The molecule has 0 fully saturated rings. The Kier molecular flexibility index (Phi) is 3.55. The van der Waals surface area contributed by atoms with Crippen LogP contribution in [0.5, 0.6) is 5.75 Å². The maximum absolute atomic E-state index is 13.2. The second-order valence-corrected chi connectivity index (χ2v) is 7.58. The Morgan fingerprint density at radius 2 is 2.07 bits per heavy atom. The number of thiophene rings is 1. The molecule has 0 radical (unpaired) electrons. The monoisotopic (exact) mass is 375 g/mol. The van der Waals surface area contributed by atoms with Crippen LogP contribution in [0.3, 0.4) is 0 Å². The molecule has 0 aliphatic carbocycles. The van der Waals surface area contributed by atoms with Crippen molar-refractivity contribution in [3.8, 4) is 5.75 Å². The lowest BCUT2D eigenvalue weighted by atomic mass is 10.1. The van der Waals surface area contributed by atoms with Crippen molar-refractivity contribution in [3.63, 3.8) is 0 Å². The average Bonchev–Trinajstić information content (AvgIpc) is 3.27. The Balaban J connectivity index is 1.62. The number of nitrogens with zero attached hydrogens (tertiary/aromatic N) is 2. The van der Waals surface area contributed by atoms with Gasteiger partial charge in [0.05, 0.1) is 18.3 Å². The lowest BCUT2D eigenvalue weighted by Gasteiger charge is -2.16. The second kappa shape index (κ2) is 5.96. The fourth-order valence-corrected chi connectivity index (χ4v) is 4.67. The summed E-state index contributed by atoms with van der Waals surface area (Å²) in [5, 5.41) is 1.80. The smallest absolute Gasteiger partial charge is 0.270 e. The zero-order valence-electron chi connectivity index (χ0n) is 14.7. The summed E-state index contributed by atoms with van der Waals surface area (Å²) in [4.78, 5) is 21.0. The predicted octanol–water partition coefficient (Wildman–Crippen LogP) is 4.24. The molecular weight excluding hydrogens is 358 g/mol. The second-order valence-electron chi connectivity index (χ2n) is 6.58. The first-order chi connectivity index (χ1) is 13.2. The van der Waals surface area contributed by atoms with Gasteiger partial charge in [-0.1, -0.05) is 18.2 Å². The van der Waals surface area contributed by atoms with E-state index >= 15 is 0 Å². The molecule has 0 bridgehead atoms. The summed E-state index contributed by atoms with van der Waals surface area (Å²) >= 11 is 1.35. The van der Waals surface area contributed by atoms with Gasteiger partial charge in [-0.15, -0.1) is 11.3 Å². The van der Waals surface area contributed by atoms with E-state index in [1.54, 1.807) is 7.11 Å². The Morgan fingerprint density at radius 1 is 1.22 bits per heavy atom. The van der Waals surface area contributed by atoms with Crippen molar-refractivity contribution < 1.29 is 9.53 Å². The molecule has 6 heteroatoms. The van der Waals surface area contributed by atoms with Gasteiger partial charge in [0.2, 0.25) is 0 Å². The minimum atomic E-state index is -0.0536. The minimum Gasteiger partial charge on any atom is -0.497 e. The van der Waals surface area contributed by atoms with Crippen LogP contribution in [0.25, 0.3) is 21.1 Å². The van der Waals surface area contributed by atoms with Crippen LogP contribution >= 0.6 is 11.3 Å². The number of benzene rings is 2. The first-order valence-corrected chi connectivity index (χ1v) is 9.54. The Hall–Kier alpha value is -3.12. The number of carbonyl (C=O) groups excluding carboxylic acids is 1. The minimum absolute atomic E-state index is 0.0536. The van der Waals surface area contributed by atoms with E-state index in [9.17, 15) is 4.79 Å². The number of anilines is 2. The van der Waals surface area contributed by atoms with Crippen molar-refractivity contribution in [1.29, 1.82) is 0 Å². The van der Waals surface area contributed by atoms with Crippen molar-refractivity contribution in [2.75, 3.05) is 24.3 Å². The number of pyridine rings is 1. The lowest BCUT2D eigenvalue weighted by Crippen LogP contribution is -2.28. The molecule has 2 aromatic carbocycles. The molecule has 0 saturated heterocycles. The molecule has 0 spiro atoms. The molecule has 27 heavy (non-hydrogen) atoms. The SMILES string of the molecule is COc1ccc2cc3c(N)c(C(=O)N4CCc5ccccc54)sc3nc2c1. The number of methoxy groups -OCH3 is 1. The van der Waals surface area contributed by atoms with Gasteiger partial charge in [0.1, 0.15) is 15.5 Å². The van der Waals surface area contributed by atoms with Crippen LogP contribution in [0.2, 0.25) is 0 Å². The van der Waals surface area contributed by atoms with Gasteiger partial charge in [-0.25, -0.2) is 4.98 Å². The summed E-state index contributed by atoms with van der Waals surface area (Å²) in [6, 6.07) is 15.8. The van der Waals surface area contributed by atoms with Crippen molar-refractivity contribution >= 4 is 49.7 Å². The zero-order chi connectivity index (χ0) is 18.5. The number of carbonyl (C=O) groups is 1. The molecule has 1 amide bonds. The van der Waals surface area contributed by atoms with Gasteiger partial charge in [0.15, 0.2) is 0 Å². The molecule has 0 atom stereocenters. The maximum atomic E-state index is 13.2. The number of ether oxygens (including phenoxy) is 1. The van der Waals surface area contributed by atoms with Gasteiger partial charge in [0, 0.05) is 29.1 Å². The van der Waals surface area contributed by atoms with Crippen LogP contribution in [0.1, 0.15) is 15.2 Å². The molecule has 2 aromatic heterocycles. The molecule has 5 rings (SSSR count). The molecule has 0 unspecified atom stereocenters. The van der Waals surface area contributed by atoms with E-state index in [-0.39, 0.29) is 5.91 Å². The van der Waals surface area contributed by atoms with Crippen molar-refractivity contribution in [1.82, 2.24) is 4.98 Å². The van der Waals surface area contributed by atoms with Crippen LogP contribution in [0.15, 0.2) is 48.5 Å². The number of hydrogen-bond donors (Lipinski definition) is 1. The van der Waals surface area contributed by atoms with Crippen LogP contribution in [0.4, 0.5) is 11.4 Å². The Labute approximate surface area is 160 Å². The highest BCUT2D eigenvalue weighted by atomic mass is 32.1. The summed E-state index contributed by atoms with van der Waals surface area (Å²) in [5.74, 6) is 0.700. The molecular formula is C21H17N3O2S. The summed E-state index contributed by atoms with van der Waals surface area (Å²) in [6.07, 6.45) is 0.870. The Bertz CT molecular complexity index is 1210. The van der Waals surface area contributed by atoms with Gasteiger partial charge >= 0.3 is 0 Å². The predicted molar refractivity (Wildman–Crippen MR) is 110 cm³/mol. The number of hydrogen-bond acceptors (Lipinski definition) is 5. The topological polar surface area (TPSA) is 68.5 Å². The molecule has 4 aromatic rings. The highest BCUT2D eigenvalue weighted by Crippen LogP contribution is 2.38. The normalized spacial score (nSPS) is 13.3. The standard InChI is InChI=1S/C21H17N3O2S/c1-26-14-7-6-13-10-15-18(22)19(27-20(15)23-16(13)11-14)21(25)24-9-8-12-4-2-3-5-17(12)24/h2-7,10-11H,8-9,22H2,1H3. The van der Waals surface area contributed by atoms with E-state index < -0.39 is 0 Å². The van der Waals surface area contributed by atoms with E-state index in [1.807, 2.05) is 47.4 Å². The molecule has 134 valence electrons. The molecule has 2 N–H and O–H groups in total. The van der Waals surface area contributed by atoms with Gasteiger partial charge in [-0.2, -0.15) is 0 Å². The van der Waals surface area contributed by atoms with Gasteiger partial charge in [-0.3, -0.25) is 4.79 Å². The number of aromatic nitrogens is 1. The summed E-state index contributed by atoms with van der Waals surface area (Å²) in [6.45, 7) is 0.679. The number of fused-ring (bicyclic) bond motifs is 3. The maximum Gasteiger partial charge on any atom is 0.270 e. The first-order valence-electron chi connectivity index (χ1n) is 8.72. The Morgan fingerprint density at radius 3 is 2.93 bits per heavy atom. The first kappa shape index (κ1) is 16.1. The fraction of sp³-hybridized carbons (Fsp3) is 0.143. The quantitative estimate of drug-likeness (QED) is 0.569. The molecule has 1 aliphatic heterocycles. The van der Waals surface area contributed by atoms with Crippen LogP contribution < -0.4 is 15.4 Å². The van der Waals surface area contributed by atoms with Crippen molar-refractivity contribution in [2.24, 2.45) is 0 Å². The third-order valence-electron chi connectivity index (χ3n) is 5.05. The van der Waals surface area contributed by atoms with Crippen molar-refractivity contribution in [2.45, 2.75) is 6.42 Å². The number of amides is 1. The van der Waals surface area contributed by atoms with Gasteiger partial charge in [-0.05, 0) is 36.2 Å². The molecule has 1 aliphatic rings. The number of nitrogens with two attached hydrogens (primary N) is 1. The van der Waals surface area contributed by atoms with Gasteiger partial charge in [0.25, 0.3) is 5.91 Å². The van der Waals surface area contributed by atoms with Gasteiger partial charge < -0.3 is 15.4 Å². The van der Waals surface area contributed by atoms with E-state index in [0.717, 1.165) is 39.0 Å². The third kappa shape index (κ3) is 2.44. The molecule has 0 saturated carbocycles. The van der Waals surface area contributed by atoms with Crippen molar-refractivity contribution in [3.05, 3.63) is 59.0 Å². The summed E-state index contributed by atoms with van der Waals surface area (Å²) in [5.41, 5.74) is 9.88. The molecule has 3 heterocycles. The summed E-state index contributed by atoms with van der Waals surface area (Å²) < 4.78 is 5.28.